The molecule has 0 aliphatic carbocycles. The molecule has 1 aliphatic rings. The van der Waals surface area contributed by atoms with Crippen LogP contribution in [0, 0.1) is 5.92 Å². The lowest BCUT2D eigenvalue weighted by molar-refractivity contribution is -0.146. The molecule has 1 atom stereocenters. The van der Waals surface area contributed by atoms with Crippen LogP contribution in [0.15, 0.2) is 11.6 Å². The predicted octanol–water partition coefficient (Wildman–Crippen LogP) is -0.124. The van der Waals surface area contributed by atoms with E-state index >= 15 is 0 Å². The number of imide groups is 1. The van der Waals surface area contributed by atoms with Gasteiger partial charge >= 0.3 is 0 Å². The normalized spacial score (nSPS) is 18.8. The van der Waals surface area contributed by atoms with Gasteiger partial charge in [0.2, 0.25) is 0 Å². The van der Waals surface area contributed by atoms with E-state index in [9.17, 15) is 14.4 Å². The fourth-order valence-corrected chi connectivity index (χ4v) is 1.82. The Bertz CT molecular complexity index is 398. The van der Waals surface area contributed by atoms with Crippen LogP contribution in [0.3, 0.4) is 0 Å². The van der Waals surface area contributed by atoms with E-state index in [-0.39, 0.29) is 23.4 Å². The van der Waals surface area contributed by atoms with Crippen molar-refractivity contribution in [1.82, 2.24) is 4.90 Å². The summed E-state index contributed by atoms with van der Waals surface area (Å²) in [6, 6.07) is 0. The SMILES string of the molecule is BC(=O)C(C)C(C)(C)N1C(=O)C=C(C)C1=O. The maximum Gasteiger partial charge on any atom is 0.257 e. The third-order valence-electron chi connectivity index (χ3n) is 3.35. The molecular weight excluding hydrogens is 205 g/mol. The summed E-state index contributed by atoms with van der Waals surface area (Å²) in [5.74, 6) is -1.01. The van der Waals surface area contributed by atoms with Crippen LogP contribution < -0.4 is 0 Å². The van der Waals surface area contributed by atoms with E-state index in [2.05, 4.69) is 0 Å². The van der Waals surface area contributed by atoms with Gasteiger partial charge in [-0.1, -0.05) is 6.92 Å². The molecule has 0 fully saturated rings. The molecular formula is C11H16BNO3. The van der Waals surface area contributed by atoms with E-state index in [1.54, 1.807) is 27.7 Å². The van der Waals surface area contributed by atoms with E-state index < -0.39 is 5.54 Å². The average molecular weight is 221 g/mol. The summed E-state index contributed by atoms with van der Waals surface area (Å²) in [6.07, 6.45) is 1.32. The summed E-state index contributed by atoms with van der Waals surface area (Å²) in [6.45, 7) is 6.81. The quantitative estimate of drug-likeness (QED) is 0.493. The maximum absolute atomic E-state index is 11.8. The van der Waals surface area contributed by atoms with Crippen molar-refractivity contribution in [1.29, 1.82) is 0 Å². The molecule has 0 spiro atoms. The van der Waals surface area contributed by atoms with Crippen LogP contribution >= 0.6 is 0 Å². The molecule has 16 heavy (non-hydrogen) atoms. The van der Waals surface area contributed by atoms with Crippen LogP contribution in [0.1, 0.15) is 27.7 Å². The van der Waals surface area contributed by atoms with Gasteiger partial charge in [0.25, 0.3) is 11.8 Å². The molecule has 0 aromatic rings. The highest BCUT2D eigenvalue weighted by atomic mass is 16.2. The maximum atomic E-state index is 11.8. The number of carbonyl (C=O) groups excluding carboxylic acids is 3. The molecule has 86 valence electrons. The molecule has 0 saturated carbocycles. The minimum absolute atomic E-state index is 0.0323. The number of hydrogen-bond acceptors (Lipinski definition) is 3. The summed E-state index contributed by atoms with van der Waals surface area (Å²) in [4.78, 5) is 36.1. The molecule has 1 aliphatic heterocycles. The van der Waals surface area contributed by atoms with Crippen LogP contribution in [-0.4, -0.2) is 35.8 Å². The summed E-state index contributed by atoms with van der Waals surface area (Å²) in [5, 5.41) is 0. The van der Waals surface area contributed by atoms with Gasteiger partial charge in [-0.25, -0.2) is 0 Å². The molecule has 0 saturated heterocycles. The van der Waals surface area contributed by atoms with E-state index in [0.717, 1.165) is 0 Å². The van der Waals surface area contributed by atoms with Crippen molar-refractivity contribution in [3.63, 3.8) is 0 Å². The topological polar surface area (TPSA) is 54.5 Å². The lowest BCUT2D eigenvalue weighted by atomic mass is 9.77. The molecule has 0 radical (unpaired) electrons. The van der Waals surface area contributed by atoms with Gasteiger partial charge in [-0.15, -0.1) is 0 Å². The zero-order valence-electron chi connectivity index (χ0n) is 10.3. The Morgan fingerprint density at radius 2 is 1.94 bits per heavy atom. The Morgan fingerprint density at radius 3 is 2.25 bits per heavy atom. The van der Waals surface area contributed by atoms with Crippen LogP contribution in [0.4, 0.5) is 0 Å². The Balaban J connectivity index is 3.07. The van der Waals surface area contributed by atoms with Gasteiger partial charge in [-0.2, -0.15) is 0 Å². The van der Waals surface area contributed by atoms with Crippen molar-refractivity contribution in [2.45, 2.75) is 33.2 Å². The number of rotatable bonds is 3. The molecule has 1 heterocycles. The van der Waals surface area contributed by atoms with Crippen molar-refractivity contribution in [3.05, 3.63) is 11.6 Å². The second-order valence-corrected chi connectivity index (χ2v) is 4.79. The first-order valence-electron chi connectivity index (χ1n) is 5.27. The van der Waals surface area contributed by atoms with E-state index in [0.29, 0.717) is 5.57 Å². The van der Waals surface area contributed by atoms with Gasteiger partial charge in [0.1, 0.15) is 0 Å². The minimum Gasteiger partial charge on any atom is -0.312 e. The third kappa shape index (κ3) is 1.82. The van der Waals surface area contributed by atoms with Gasteiger partial charge < -0.3 is 4.79 Å². The molecule has 0 aromatic carbocycles. The standard InChI is InChI=1S/C11H16BNO3/c1-6-5-8(14)13(10(6)16)11(3,4)7(2)9(12)15/h5,7H,12H2,1-4H3. The van der Waals surface area contributed by atoms with Crippen molar-refractivity contribution >= 4 is 25.3 Å². The summed E-state index contributed by atoms with van der Waals surface area (Å²) < 4.78 is 0. The highest BCUT2D eigenvalue weighted by Crippen LogP contribution is 2.29. The van der Waals surface area contributed by atoms with Crippen molar-refractivity contribution in [3.8, 4) is 0 Å². The first kappa shape index (κ1) is 12.7. The third-order valence-corrected chi connectivity index (χ3v) is 3.35. The fourth-order valence-electron chi connectivity index (χ4n) is 1.82. The van der Waals surface area contributed by atoms with Gasteiger partial charge in [0.05, 0.1) is 11.2 Å². The summed E-state index contributed by atoms with van der Waals surface area (Å²) in [7, 11) is 1.47. The van der Waals surface area contributed by atoms with E-state index in [1.165, 1.54) is 18.8 Å². The van der Waals surface area contributed by atoms with Crippen molar-refractivity contribution < 1.29 is 14.4 Å². The van der Waals surface area contributed by atoms with Crippen molar-refractivity contribution in [2.75, 3.05) is 0 Å². The number of hydrogen-bond donors (Lipinski definition) is 0. The molecule has 5 heteroatoms. The molecule has 0 N–H and O–H groups in total. The van der Waals surface area contributed by atoms with Crippen LogP contribution in [0.25, 0.3) is 0 Å². The Morgan fingerprint density at radius 1 is 1.44 bits per heavy atom. The molecule has 1 rings (SSSR count). The van der Waals surface area contributed by atoms with Crippen molar-refractivity contribution in [2.24, 2.45) is 5.92 Å². The zero-order chi connectivity index (χ0) is 12.7. The zero-order valence-corrected chi connectivity index (χ0v) is 10.3. The molecule has 1 unspecified atom stereocenters. The summed E-state index contributed by atoms with van der Waals surface area (Å²) >= 11 is 0. The van der Waals surface area contributed by atoms with Gasteiger partial charge in [-0.3, -0.25) is 14.5 Å². The second-order valence-electron chi connectivity index (χ2n) is 4.79. The monoisotopic (exact) mass is 221 g/mol. The van der Waals surface area contributed by atoms with E-state index in [1.807, 2.05) is 0 Å². The second kappa shape index (κ2) is 3.89. The predicted molar refractivity (Wildman–Crippen MR) is 62.4 cm³/mol. The lowest BCUT2D eigenvalue weighted by Crippen LogP contribution is -2.54. The molecule has 0 aromatic heterocycles. The first-order chi connectivity index (χ1) is 7.19. The Labute approximate surface area is 96.1 Å². The highest BCUT2D eigenvalue weighted by molar-refractivity contribution is 6.58. The van der Waals surface area contributed by atoms with Crippen LogP contribution in [0.5, 0.6) is 0 Å². The van der Waals surface area contributed by atoms with Gasteiger partial charge in [-0.05, 0) is 20.8 Å². The lowest BCUT2D eigenvalue weighted by Gasteiger charge is -2.38. The highest BCUT2D eigenvalue weighted by Gasteiger charge is 2.44. The first-order valence-corrected chi connectivity index (χ1v) is 5.27. The summed E-state index contributed by atoms with van der Waals surface area (Å²) in [5.41, 5.74) is -0.391. The minimum atomic E-state index is -0.783. The molecule has 4 nitrogen and oxygen atoms in total. The Hall–Kier alpha value is -1.39. The average Bonchev–Trinajstić information content (AvgIpc) is 2.39. The van der Waals surface area contributed by atoms with Crippen LogP contribution in [-0.2, 0) is 14.4 Å². The molecule has 2 amide bonds. The van der Waals surface area contributed by atoms with Crippen LogP contribution in [0.2, 0.25) is 0 Å². The number of nitrogens with zero attached hydrogens (tertiary/aromatic N) is 1. The smallest absolute Gasteiger partial charge is 0.257 e. The Kier molecular flexibility index (Phi) is 3.08. The number of amides is 2. The van der Waals surface area contributed by atoms with Gasteiger partial charge in [0.15, 0.2) is 7.85 Å². The largest absolute Gasteiger partial charge is 0.312 e. The van der Waals surface area contributed by atoms with Gasteiger partial charge in [0, 0.05) is 17.6 Å². The molecule has 0 bridgehead atoms. The van der Waals surface area contributed by atoms with E-state index in [4.69, 9.17) is 0 Å². The fraction of sp³-hybridized carbons (Fsp3) is 0.545. The number of carbonyl (C=O) groups is 3.